The fraction of sp³-hybridized carbons (Fsp3) is 0.800. The summed E-state index contributed by atoms with van der Waals surface area (Å²) in [5.74, 6) is 2.84. The van der Waals surface area contributed by atoms with Crippen LogP contribution in [0.15, 0.2) is 15.6 Å². The van der Waals surface area contributed by atoms with Crippen molar-refractivity contribution < 1.29 is 9.26 Å². The molecule has 1 saturated heterocycles. The van der Waals surface area contributed by atoms with Gasteiger partial charge in [-0.05, 0) is 32.1 Å². The molecule has 3 fully saturated rings. The Morgan fingerprint density at radius 1 is 1.37 bits per heavy atom. The third kappa shape index (κ3) is 3.61. The minimum Gasteiger partial charge on any atom is -0.377 e. The Balaban J connectivity index is 0.00000210. The Labute approximate surface area is 179 Å². The van der Waals surface area contributed by atoms with Crippen molar-refractivity contribution in [2.75, 3.05) is 13.7 Å². The SMILES string of the molecule is CCC(CC)c1cc(CNC(=NC)NC2C3CCOC3C23CCC3)on1.I. The number of ether oxygens (including phenoxy) is 1. The Kier molecular flexibility index (Phi) is 6.71. The first-order valence-corrected chi connectivity index (χ1v) is 10.3. The van der Waals surface area contributed by atoms with Crippen LogP contribution in [0.25, 0.3) is 0 Å². The number of hydrogen-bond donors (Lipinski definition) is 2. The van der Waals surface area contributed by atoms with Gasteiger partial charge in [-0.2, -0.15) is 0 Å². The standard InChI is InChI=1S/C20H32N4O2.HI/c1-4-13(5-2)16-11-14(26-24-16)12-22-19(21-3)23-17-15-7-10-25-18(15)20(17)8-6-9-20;/h11,13,15,17-18H,4-10,12H2,1-3H3,(H2,21,22,23);1H. The predicted octanol–water partition coefficient (Wildman–Crippen LogP) is 3.82. The van der Waals surface area contributed by atoms with Crippen LogP contribution in [0.3, 0.4) is 0 Å². The minimum atomic E-state index is 0. The van der Waals surface area contributed by atoms with Crippen LogP contribution in [0.5, 0.6) is 0 Å². The first kappa shape index (κ1) is 20.9. The molecule has 3 atom stereocenters. The van der Waals surface area contributed by atoms with Gasteiger partial charge in [-0.1, -0.05) is 25.4 Å². The summed E-state index contributed by atoms with van der Waals surface area (Å²) >= 11 is 0. The van der Waals surface area contributed by atoms with Crippen LogP contribution in [-0.2, 0) is 11.3 Å². The Morgan fingerprint density at radius 3 is 2.78 bits per heavy atom. The summed E-state index contributed by atoms with van der Waals surface area (Å²) < 4.78 is 11.5. The molecule has 1 spiro atoms. The number of hydrogen-bond acceptors (Lipinski definition) is 4. The molecule has 3 unspecified atom stereocenters. The van der Waals surface area contributed by atoms with Crippen molar-refractivity contribution in [3.63, 3.8) is 0 Å². The highest BCUT2D eigenvalue weighted by Crippen LogP contribution is 2.62. The molecule has 6 nitrogen and oxygen atoms in total. The number of nitrogens with zero attached hydrogens (tertiary/aromatic N) is 2. The normalized spacial score (nSPS) is 28.3. The smallest absolute Gasteiger partial charge is 0.191 e. The molecule has 0 aromatic carbocycles. The fourth-order valence-corrected chi connectivity index (χ4v) is 5.28. The lowest BCUT2D eigenvalue weighted by atomic mass is 9.46. The molecule has 2 N–H and O–H groups in total. The average Bonchev–Trinajstić information content (AvgIpc) is 3.23. The zero-order valence-electron chi connectivity index (χ0n) is 16.7. The van der Waals surface area contributed by atoms with Gasteiger partial charge < -0.3 is 19.9 Å². The van der Waals surface area contributed by atoms with Gasteiger partial charge in [-0.3, -0.25) is 4.99 Å². The van der Waals surface area contributed by atoms with E-state index in [1.54, 1.807) is 0 Å². The summed E-state index contributed by atoms with van der Waals surface area (Å²) in [5, 5.41) is 11.3. The van der Waals surface area contributed by atoms with E-state index < -0.39 is 0 Å². The van der Waals surface area contributed by atoms with Gasteiger partial charge in [0, 0.05) is 43.0 Å². The Bertz CT molecular complexity index is 654. The molecular weight excluding hydrogens is 455 g/mol. The molecular formula is C20H33IN4O2. The van der Waals surface area contributed by atoms with Crippen molar-refractivity contribution in [3.8, 4) is 0 Å². The van der Waals surface area contributed by atoms with Crippen molar-refractivity contribution in [2.45, 2.75) is 77.0 Å². The maximum absolute atomic E-state index is 6.01. The molecule has 2 saturated carbocycles. The second-order valence-corrected chi connectivity index (χ2v) is 8.11. The summed E-state index contributed by atoms with van der Waals surface area (Å²) in [6.45, 7) is 5.91. The van der Waals surface area contributed by atoms with Crippen LogP contribution < -0.4 is 10.6 Å². The van der Waals surface area contributed by atoms with Crippen LogP contribution in [0.1, 0.15) is 69.7 Å². The van der Waals surface area contributed by atoms with Gasteiger partial charge in [-0.25, -0.2) is 0 Å². The molecule has 2 aliphatic carbocycles. The maximum atomic E-state index is 6.01. The lowest BCUT2D eigenvalue weighted by Crippen LogP contribution is -2.72. The summed E-state index contributed by atoms with van der Waals surface area (Å²) in [4.78, 5) is 4.43. The van der Waals surface area contributed by atoms with Crippen LogP contribution in [0, 0.1) is 11.3 Å². The number of guanidine groups is 1. The predicted molar refractivity (Wildman–Crippen MR) is 116 cm³/mol. The number of nitrogens with one attached hydrogen (secondary N) is 2. The third-order valence-corrected chi connectivity index (χ3v) is 6.96. The van der Waals surface area contributed by atoms with Crippen molar-refractivity contribution >= 4 is 29.9 Å². The summed E-state index contributed by atoms with van der Waals surface area (Å²) in [5.41, 5.74) is 1.42. The first-order chi connectivity index (χ1) is 12.7. The van der Waals surface area contributed by atoms with Gasteiger partial charge in [0.05, 0.1) is 18.3 Å². The van der Waals surface area contributed by atoms with E-state index in [2.05, 4.69) is 40.7 Å². The highest BCUT2D eigenvalue weighted by atomic mass is 127. The molecule has 152 valence electrons. The van der Waals surface area contributed by atoms with E-state index in [-0.39, 0.29) is 24.0 Å². The van der Waals surface area contributed by atoms with Crippen molar-refractivity contribution in [3.05, 3.63) is 17.5 Å². The highest BCUT2D eigenvalue weighted by molar-refractivity contribution is 14.0. The third-order valence-electron chi connectivity index (χ3n) is 6.96. The van der Waals surface area contributed by atoms with Gasteiger partial charge >= 0.3 is 0 Å². The molecule has 3 aliphatic rings. The Hall–Kier alpha value is -0.830. The second-order valence-electron chi connectivity index (χ2n) is 8.11. The zero-order chi connectivity index (χ0) is 18.1. The van der Waals surface area contributed by atoms with E-state index in [1.807, 2.05) is 7.05 Å². The van der Waals surface area contributed by atoms with Crippen LogP contribution >= 0.6 is 24.0 Å². The summed E-state index contributed by atoms with van der Waals surface area (Å²) in [6.07, 6.45) is 7.72. The first-order valence-electron chi connectivity index (χ1n) is 10.3. The van der Waals surface area contributed by atoms with Gasteiger partial charge in [0.25, 0.3) is 0 Å². The molecule has 4 rings (SSSR count). The molecule has 1 aromatic rings. The molecule has 2 heterocycles. The minimum absolute atomic E-state index is 0. The molecule has 0 bridgehead atoms. The molecule has 7 heteroatoms. The molecule has 1 aliphatic heterocycles. The molecule has 0 radical (unpaired) electrons. The van der Waals surface area contributed by atoms with E-state index in [9.17, 15) is 0 Å². The monoisotopic (exact) mass is 488 g/mol. The number of aliphatic imine (C=N–C) groups is 1. The fourth-order valence-electron chi connectivity index (χ4n) is 5.28. The van der Waals surface area contributed by atoms with Crippen LogP contribution in [-0.4, -0.2) is 36.9 Å². The highest BCUT2D eigenvalue weighted by Gasteiger charge is 2.66. The quantitative estimate of drug-likeness (QED) is 0.362. The van der Waals surface area contributed by atoms with Crippen LogP contribution in [0.4, 0.5) is 0 Å². The zero-order valence-corrected chi connectivity index (χ0v) is 19.0. The van der Waals surface area contributed by atoms with E-state index in [4.69, 9.17) is 9.26 Å². The van der Waals surface area contributed by atoms with Crippen LogP contribution in [0.2, 0.25) is 0 Å². The van der Waals surface area contributed by atoms with Gasteiger partial charge in [0.2, 0.25) is 0 Å². The van der Waals surface area contributed by atoms with E-state index in [0.717, 1.165) is 36.9 Å². The van der Waals surface area contributed by atoms with E-state index in [0.29, 0.717) is 35.9 Å². The molecule has 27 heavy (non-hydrogen) atoms. The number of fused-ring (bicyclic) bond motifs is 2. The van der Waals surface area contributed by atoms with Crippen molar-refractivity contribution in [2.24, 2.45) is 16.3 Å². The molecule has 1 aromatic heterocycles. The number of aromatic nitrogens is 1. The number of halogens is 1. The van der Waals surface area contributed by atoms with Crippen molar-refractivity contribution in [1.82, 2.24) is 15.8 Å². The Morgan fingerprint density at radius 2 is 2.15 bits per heavy atom. The number of rotatable bonds is 6. The van der Waals surface area contributed by atoms with Crippen molar-refractivity contribution in [1.29, 1.82) is 0 Å². The van der Waals surface area contributed by atoms with Gasteiger partial charge in [0.1, 0.15) is 0 Å². The lowest BCUT2D eigenvalue weighted by molar-refractivity contribution is -0.171. The van der Waals surface area contributed by atoms with Gasteiger partial charge in [0.15, 0.2) is 11.7 Å². The van der Waals surface area contributed by atoms with E-state index in [1.165, 1.54) is 25.7 Å². The molecule has 0 amide bonds. The van der Waals surface area contributed by atoms with E-state index >= 15 is 0 Å². The summed E-state index contributed by atoms with van der Waals surface area (Å²) in [7, 11) is 1.83. The maximum Gasteiger partial charge on any atom is 0.191 e. The largest absolute Gasteiger partial charge is 0.377 e. The second kappa shape index (κ2) is 8.68. The summed E-state index contributed by atoms with van der Waals surface area (Å²) in [6, 6.07) is 2.57. The van der Waals surface area contributed by atoms with Gasteiger partial charge in [-0.15, -0.1) is 24.0 Å². The lowest BCUT2D eigenvalue weighted by Gasteiger charge is -2.63. The topological polar surface area (TPSA) is 71.7 Å². The average molecular weight is 488 g/mol.